The number of benzene rings is 2. The van der Waals surface area contributed by atoms with Gasteiger partial charge in [-0.05, 0) is 48.6 Å². The van der Waals surface area contributed by atoms with Gasteiger partial charge in [-0.15, -0.1) is 0 Å². The van der Waals surface area contributed by atoms with Crippen LogP contribution in [0.15, 0.2) is 60.7 Å². The Labute approximate surface area is 150 Å². The van der Waals surface area contributed by atoms with E-state index in [0.29, 0.717) is 12.5 Å². The Hall–Kier alpha value is -2.39. The first-order chi connectivity index (χ1) is 12.2. The van der Waals surface area contributed by atoms with Crippen LogP contribution < -0.4 is 5.32 Å². The molecule has 2 aromatic rings. The van der Waals surface area contributed by atoms with Crippen LogP contribution in [-0.4, -0.2) is 37.5 Å². The number of amides is 1. The predicted molar refractivity (Wildman–Crippen MR) is 104 cm³/mol. The molecule has 1 aliphatic rings. The van der Waals surface area contributed by atoms with Crippen molar-refractivity contribution in [3.05, 3.63) is 77.4 Å². The Morgan fingerprint density at radius 2 is 1.92 bits per heavy atom. The van der Waals surface area contributed by atoms with Crippen molar-refractivity contribution < 1.29 is 4.79 Å². The molecule has 1 atom stereocenters. The van der Waals surface area contributed by atoms with Gasteiger partial charge < -0.3 is 10.2 Å². The normalized spacial score (nSPS) is 17.6. The lowest BCUT2D eigenvalue weighted by molar-refractivity contribution is 0.0810. The van der Waals surface area contributed by atoms with E-state index in [1.807, 2.05) is 49.5 Å². The minimum Gasteiger partial charge on any atom is -0.338 e. The summed E-state index contributed by atoms with van der Waals surface area (Å²) in [7, 11) is 1.84. The molecule has 1 fully saturated rings. The molecule has 0 saturated carbocycles. The van der Waals surface area contributed by atoms with Crippen LogP contribution in [0, 0.1) is 0 Å². The van der Waals surface area contributed by atoms with Gasteiger partial charge in [-0.25, -0.2) is 0 Å². The largest absolute Gasteiger partial charge is 0.338 e. The monoisotopic (exact) mass is 334 g/mol. The standard InChI is InChI=1S/C22H26N2O/c1-24(16-6-9-18-7-3-2-4-8-18)22(25)20-13-11-19(12-14-20)21-10-5-15-23-17-21/h2-4,6-9,11-14,21,23H,5,10,15-17H2,1H3/b9-6+. The predicted octanol–water partition coefficient (Wildman–Crippen LogP) is 3.94. The summed E-state index contributed by atoms with van der Waals surface area (Å²) < 4.78 is 0. The lowest BCUT2D eigenvalue weighted by atomic mass is 9.91. The van der Waals surface area contributed by atoms with E-state index in [2.05, 4.69) is 29.6 Å². The molecular weight excluding hydrogens is 308 g/mol. The topological polar surface area (TPSA) is 32.3 Å². The van der Waals surface area contributed by atoms with Crippen molar-refractivity contribution in [2.75, 3.05) is 26.7 Å². The second-order valence-electron chi connectivity index (χ2n) is 6.66. The summed E-state index contributed by atoms with van der Waals surface area (Å²) in [6, 6.07) is 18.3. The van der Waals surface area contributed by atoms with Gasteiger partial charge in [-0.1, -0.05) is 54.6 Å². The van der Waals surface area contributed by atoms with Gasteiger partial charge in [-0.2, -0.15) is 0 Å². The smallest absolute Gasteiger partial charge is 0.253 e. The van der Waals surface area contributed by atoms with Crippen molar-refractivity contribution in [2.24, 2.45) is 0 Å². The highest BCUT2D eigenvalue weighted by atomic mass is 16.2. The molecule has 3 rings (SSSR count). The third-order valence-electron chi connectivity index (χ3n) is 4.76. The molecule has 1 unspecified atom stereocenters. The number of carbonyl (C=O) groups excluding carboxylic acids is 1. The highest BCUT2D eigenvalue weighted by Gasteiger charge is 2.16. The molecule has 130 valence electrons. The van der Waals surface area contributed by atoms with Gasteiger partial charge in [0.15, 0.2) is 0 Å². The Kier molecular flexibility index (Phi) is 6.02. The Morgan fingerprint density at radius 1 is 1.16 bits per heavy atom. The van der Waals surface area contributed by atoms with Crippen LogP contribution in [0.1, 0.15) is 40.2 Å². The number of nitrogens with zero attached hydrogens (tertiary/aromatic N) is 1. The van der Waals surface area contributed by atoms with Gasteiger partial charge in [0, 0.05) is 25.7 Å². The molecule has 1 saturated heterocycles. The molecule has 1 aliphatic heterocycles. The number of hydrogen-bond donors (Lipinski definition) is 1. The van der Waals surface area contributed by atoms with Gasteiger partial charge >= 0.3 is 0 Å². The van der Waals surface area contributed by atoms with Crippen LogP contribution >= 0.6 is 0 Å². The molecule has 0 aromatic heterocycles. The zero-order valence-corrected chi connectivity index (χ0v) is 14.8. The second-order valence-corrected chi connectivity index (χ2v) is 6.66. The maximum Gasteiger partial charge on any atom is 0.253 e. The van der Waals surface area contributed by atoms with Crippen molar-refractivity contribution >= 4 is 12.0 Å². The molecule has 0 bridgehead atoms. The van der Waals surface area contributed by atoms with E-state index in [4.69, 9.17) is 0 Å². The SMILES string of the molecule is CN(C/C=C/c1ccccc1)C(=O)c1ccc(C2CCCNC2)cc1. The molecule has 3 heteroatoms. The molecule has 1 amide bonds. The fraction of sp³-hybridized carbons (Fsp3) is 0.318. The van der Waals surface area contributed by atoms with Crippen molar-refractivity contribution in [3.8, 4) is 0 Å². The van der Waals surface area contributed by atoms with Crippen LogP contribution in [0.25, 0.3) is 6.08 Å². The third-order valence-corrected chi connectivity index (χ3v) is 4.76. The first kappa shape index (κ1) is 17.4. The van der Waals surface area contributed by atoms with Crippen LogP contribution in [0.4, 0.5) is 0 Å². The molecule has 3 nitrogen and oxygen atoms in total. The maximum atomic E-state index is 12.6. The Bertz CT molecular complexity index is 701. The minimum atomic E-state index is 0.0611. The number of nitrogens with one attached hydrogen (secondary N) is 1. The average molecular weight is 334 g/mol. The molecule has 2 aromatic carbocycles. The van der Waals surface area contributed by atoms with Gasteiger partial charge in [-0.3, -0.25) is 4.79 Å². The molecule has 0 aliphatic carbocycles. The van der Waals surface area contributed by atoms with E-state index in [-0.39, 0.29) is 5.91 Å². The van der Waals surface area contributed by atoms with E-state index in [9.17, 15) is 4.79 Å². The number of likely N-dealkylation sites (N-methyl/N-ethyl adjacent to an activating group) is 1. The highest BCUT2D eigenvalue weighted by molar-refractivity contribution is 5.94. The molecule has 1 heterocycles. The summed E-state index contributed by atoms with van der Waals surface area (Å²) in [5.74, 6) is 0.635. The Morgan fingerprint density at radius 3 is 2.60 bits per heavy atom. The van der Waals surface area contributed by atoms with E-state index in [1.54, 1.807) is 4.90 Å². The minimum absolute atomic E-state index is 0.0611. The molecule has 25 heavy (non-hydrogen) atoms. The van der Waals surface area contributed by atoms with Crippen LogP contribution in [0.3, 0.4) is 0 Å². The van der Waals surface area contributed by atoms with Crippen molar-refractivity contribution in [1.29, 1.82) is 0 Å². The van der Waals surface area contributed by atoms with Gasteiger partial charge in [0.05, 0.1) is 0 Å². The van der Waals surface area contributed by atoms with Gasteiger partial charge in [0.2, 0.25) is 0 Å². The molecule has 0 spiro atoms. The zero-order valence-electron chi connectivity index (χ0n) is 14.8. The highest BCUT2D eigenvalue weighted by Crippen LogP contribution is 2.23. The van der Waals surface area contributed by atoms with Crippen LogP contribution in [0.2, 0.25) is 0 Å². The average Bonchev–Trinajstić information content (AvgIpc) is 2.69. The van der Waals surface area contributed by atoms with Gasteiger partial charge in [0.1, 0.15) is 0 Å². The number of piperidine rings is 1. The summed E-state index contributed by atoms with van der Waals surface area (Å²) in [5, 5.41) is 3.44. The lowest BCUT2D eigenvalue weighted by Gasteiger charge is -2.23. The Balaban J connectivity index is 1.57. The van der Waals surface area contributed by atoms with E-state index in [0.717, 1.165) is 24.2 Å². The summed E-state index contributed by atoms with van der Waals surface area (Å²) in [6.07, 6.45) is 6.52. The summed E-state index contributed by atoms with van der Waals surface area (Å²) in [6.45, 7) is 2.76. The van der Waals surface area contributed by atoms with Crippen LogP contribution in [-0.2, 0) is 0 Å². The number of rotatable bonds is 5. The van der Waals surface area contributed by atoms with Crippen LogP contribution in [0.5, 0.6) is 0 Å². The fourth-order valence-electron chi connectivity index (χ4n) is 3.25. The summed E-state index contributed by atoms with van der Waals surface area (Å²) >= 11 is 0. The molecule has 0 radical (unpaired) electrons. The first-order valence-corrected chi connectivity index (χ1v) is 9.02. The van der Waals surface area contributed by atoms with Crippen molar-refractivity contribution in [2.45, 2.75) is 18.8 Å². The summed E-state index contributed by atoms with van der Waals surface area (Å²) in [5.41, 5.74) is 3.23. The van der Waals surface area contributed by atoms with Crippen molar-refractivity contribution in [3.63, 3.8) is 0 Å². The number of carbonyl (C=O) groups is 1. The number of hydrogen-bond acceptors (Lipinski definition) is 2. The quantitative estimate of drug-likeness (QED) is 0.898. The lowest BCUT2D eigenvalue weighted by Crippen LogP contribution is -2.28. The van der Waals surface area contributed by atoms with Crippen molar-refractivity contribution in [1.82, 2.24) is 10.2 Å². The fourth-order valence-corrected chi connectivity index (χ4v) is 3.25. The zero-order chi connectivity index (χ0) is 17.5. The third kappa shape index (κ3) is 4.80. The van der Waals surface area contributed by atoms with E-state index in [1.165, 1.54) is 18.4 Å². The second kappa shape index (κ2) is 8.63. The van der Waals surface area contributed by atoms with E-state index < -0.39 is 0 Å². The van der Waals surface area contributed by atoms with E-state index >= 15 is 0 Å². The first-order valence-electron chi connectivity index (χ1n) is 9.02. The maximum absolute atomic E-state index is 12.6. The molecular formula is C22H26N2O. The molecule has 1 N–H and O–H groups in total. The summed E-state index contributed by atoms with van der Waals surface area (Å²) in [4.78, 5) is 14.3. The van der Waals surface area contributed by atoms with Gasteiger partial charge in [0.25, 0.3) is 5.91 Å².